The minimum atomic E-state index is -0.397. The molecule has 0 aliphatic carbocycles. The van der Waals surface area contributed by atoms with E-state index in [-0.39, 0.29) is 12.5 Å². The number of carbonyl (C=O) groups is 2. The highest BCUT2D eigenvalue weighted by Crippen LogP contribution is 2.32. The van der Waals surface area contributed by atoms with Crippen LogP contribution in [-0.2, 0) is 16.1 Å². The van der Waals surface area contributed by atoms with Crippen molar-refractivity contribution in [2.45, 2.75) is 27.3 Å². The van der Waals surface area contributed by atoms with Crippen LogP contribution >= 0.6 is 11.3 Å². The zero-order chi connectivity index (χ0) is 17.7. The number of quaternary nitrogens is 1. The molecule has 2 N–H and O–H groups in total. The smallest absolute Gasteiger partial charge is 0.341 e. The minimum Gasteiger partial charge on any atom is -0.463 e. The number of carbonyl (C=O) groups excluding carboxylic acids is 2. The lowest BCUT2D eigenvalue weighted by Crippen LogP contribution is -3.08. The summed E-state index contributed by atoms with van der Waals surface area (Å²) in [4.78, 5) is 26.4. The third-order valence-corrected chi connectivity index (χ3v) is 4.76. The number of furan rings is 1. The van der Waals surface area contributed by atoms with Crippen LogP contribution in [0, 0.1) is 13.8 Å². The van der Waals surface area contributed by atoms with Crippen LogP contribution in [0.1, 0.15) is 33.5 Å². The van der Waals surface area contributed by atoms with Gasteiger partial charge in [-0.1, -0.05) is 0 Å². The normalized spacial score (nSPS) is 12.0. The zero-order valence-corrected chi connectivity index (χ0v) is 15.2. The van der Waals surface area contributed by atoms with Gasteiger partial charge in [0.25, 0.3) is 5.91 Å². The van der Waals surface area contributed by atoms with Gasteiger partial charge in [-0.05, 0) is 38.5 Å². The van der Waals surface area contributed by atoms with E-state index >= 15 is 0 Å². The fraction of sp³-hybridized carbons (Fsp3) is 0.412. The molecule has 2 rings (SSSR count). The van der Waals surface area contributed by atoms with Gasteiger partial charge in [0.15, 0.2) is 12.3 Å². The Labute approximate surface area is 145 Å². The summed E-state index contributed by atoms with van der Waals surface area (Å²) in [6, 6.07) is 3.71. The molecule has 1 unspecified atom stereocenters. The van der Waals surface area contributed by atoms with E-state index in [1.807, 2.05) is 33.0 Å². The van der Waals surface area contributed by atoms with Crippen LogP contribution in [0.15, 0.2) is 22.8 Å². The molecule has 0 saturated carbocycles. The second kappa shape index (κ2) is 8.12. The number of thiophene rings is 1. The molecule has 24 heavy (non-hydrogen) atoms. The van der Waals surface area contributed by atoms with Gasteiger partial charge in [0.1, 0.15) is 11.5 Å². The van der Waals surface area contributed by atoms with Crippen molar-refractivity contribution in [1.29, 1.82) is 0 Å². The molecule has 0 aliphatic heterocycles. The fourth-order valence-corrected chi connectivity index (χ4v) is 3.45. The minimum absolute atomic E-state index is 0.147. The average Bonchev–Trinajstić information content (AvgIpc) is 3.08. The molecule has 0 bridgehead atoms. The summed E-state index contributed by atoms with van der Waals surface area (Å²) in [6.07, 6.45) is 1.62. The van der Waals surface area contributed by atoms with Crippen LogP contribution in [0.25, 0.3) is 0 Å². The largest absolute Gasteiger partial charge is 0.463 e. The van der Waals surface area contributed by atoms with Gasteiger partial charge >= 0.3 is 5.97 Å². The van der Waals surface area contributed by atoms with Gasteiger partial charge in [0.05, 0.1) is 25.5 Å². The molecule has 1 amide bonds. The van der Waals surface area contributed by atoms with E-state index in [1.54, 1.807) is 13.2 Å². The van der Waals surface area contributed by atoms with Gasteiger partial charge in [-0.15, -0.1) is 11.3 Å². The number of ether oxygens (including phenoxy) is 1. The first-order valence-electron chi connectivity index (χ1n) is 7.83. The molecular formula is C17H23N2O4S+. The Balaban J connectivity index is 2.03. The van der Waals surface area contributed by atoms with E-state index in [4.69, 9.17) is 9.15 Å². The summed E-state index contributed by atoms with van der Waals surface area (Å²) in [5.74, 6) is 0.284. The van der Waals surface area contributed by atoms with Gasteiger partial charge in [-0.3, -0.25) is 4.79 Å². The third-order valence-electron chi connectivity index (χ3n) is 3.64. The van der Waals surface area contributed by atoms with Gasteiger partial charge in [0, 0.05) is 4.88 Å². The van der Waals surface area contributed by atoms with Crippen molar-refractivity contribution in [1.82, 2.24) is 0 Å². The lowest BCUT2D eigenvalue weighted by atomic mass is 10.1. The van der Waals surface area contributed by atoms with E-state index in [9.17, 15) is 9.59 Å². The van der Waals surface area contributed by atoms with Gasteiger partial charge in [0.2, 0.25) is 0 Å². The van der Waals surface area contributed by atoms with E-state index in [0.29, 0.717) is 23.7 Å². The number of hydrogen-bond acceptors (Lipinski definition) is 5. The van der Waals surface area contributed by atoms with Gasteiger partial charge in [-0.25, -0.2) is 4.79 Å². The summed E-state index contributed by atoms with van der Waals surface area (Å²) < 4.78 is 10.4. The van der Waals surface area contributed by atoms with Crippen molar-refractivity contribution in [2.75, 3.05) is 25.5 Å². The Morgan fingerprint density at radius 3 is 2.75 bits per heavy atom. The lowest BCUT2D eigenvalue weighted by Gasteiger charge is -2.12. The first-order chi connectivity index (χ1) is 11.4. The average molecular weight is 351 g/mol. The highest BCUT2D eigenvalue weighted by atomic mass is 32.1. The van der Waals surface area contributed by atoms with Crippen molar-refractivity contribution in [3.63, 3.8) is 0 Å². The Morgan fingerprint density at radius 2 is 2.12 bits per heavy atom. The monoisotopic (exact) mass is 351 g/mol. The van der Waals surface area contributed by atoms with E-state index in [2.05, 4.69) is 5.32 Å². The molecule has 2 heterocycles. The third kappa shape index (κ3) is 4.46. The molecule has 130 valence electrons. The van der Waals surface area contributed by atoms with Crippen LogP contribution < -0.4 is 10.2 Å². The number of anilines is 1. The summed E-state index contributed by atoms with van der Waals surface area (Å²) in [6.45, 7) is 6.75. The van der Waals surface area contributed by atoms with Crippen molar-refractivity contribution in [3.8, 4) is 0 Å². The maximum atomic E-state index is 12.3. The van der Waals surface area contributed by atoms with Gasteiger partial charge < -0.3 is 19.4 Å². The second-order valence-corrected chi connectivity index (χ2v) is 6.87. The zero-order valence-electron chi connectivity index (χ0n) is 14.4. The maximum Gasteiger partial charge on any atom is 0.341 e. The molecule has 0 aromatic carbocycles. The predicted octanol–water partition coefficient (Wildman–Crippen LogP) is 1.79. The first-order valence-corrected chi connectivity index (χ1v) is 8.64. The summed E-state index contributed by atoms with van der Waals surface area (Å²) >= 11 is 1.40. The van der Waals surface area contributed by atoms with Crippen molar-refractivity contribution in [3.05, 3.63) is 40.2 Å². The first kappa shape index (κ1) is 18.2. The highest BCUT2D eigenvalue weighted by Gasteiger charge is 2.23. The Bertz CT molecular complexity index is 706. The Morgan fingerprint density at radius 1 is 1.38 bits per heavy atom. The topological polar surface area (TPSA) is 73.0 Å². The standard InChI is InChI=1S/C17H22N2O4S/c1-5-22-17(21)15-11(2)12(3)24-16(15)18-14(20)10-19(4)9-13-7-6-8-23-13/h6-8H,5,9-10H2,1-4H3,(H,18,20)/p+1. The number of esters is 1. The summed E-state index contributed by atoms with van der Waals surface area (Å²) in [5.41, 5.74) is 1.31. The second-order valence-electron chi connectivity index (χ2n) is 5.65. The highest BCUT2D eigenvalue weighted by molar-refractivity contribution is 7.16. The Hall–Kier alpha value is -2.12. The van der Waals surface area contributed by atoms with Crippen LogP contribution in [0.3, 0.4) is 0 Å². The predicted molar refractivity (Wildman–Crippen MR) is 92.5 cm³/mol. The molecule has 2 aromatic rings. The molecule has 1 atom stereocenters. The number of hydrogen-bond donors (Lipinski definition) is 2. The van der Waals surface area contributed by atoms with Gasteiger partial charge in [-0.2, -0.15) is 0 Å². The molecule has 6 nitrogen and oxygen atoms in total. The van der Waals surface area contributed by atoms with Crippen LogP contribution in [0.2, 0.25) is 0 Å². The lowest BCUT2D eigenvalue weighted by molar-refractivity contribution is -0.886. The molecule has 0 fully saturated rings. The van der Waals surface area contributed by atoms with Crippen LogP contribution in [0.5, 0.6) is 0 Å². The fourth-order valence-electron chi connectivity index (χ4n) is 2.38. The quantitative estimate of drug-likeness (QED) is 0.746. The number of nitrogens with one attached hydrogen (secondary N) is 2. The number of likely N-dealkylation sites (N-methyl/N-ethyl adjacent to an activating group) is 1. The van der Waals surface area contributed by atoms with Crippen molar-refractivity contribution >= 4 is 28.2 Å². The van der Waals surface area contributed by atoms with E-state index in [1.165, 1.54) is 11.3 Å². The molecular weight excluding hydrogens is 328 g/mol. The van der Waals surface area contributed by atoms with E-state index < -0.39 is 5.97 Å². The molecule has 0 radical (unpaired) electrons. The van der Waals surface area contributed by atoms with Crippen LogP contribution in [-0.4, -0.2) is 32.1 Å². The Kier molecular flexibility index (Phi) is 6.16. The van der Waals surface area contributed by atoms with E-state index in [0.717, 1.165) is 21.1 Å². The van der Waals surface area contributed by atoms with Crippen LogP contribution in [0.4, 0.5) is 5.00 Å². The molecule has 7 heteroatoms. The van der Waals surface area contributed by atoms with Crippen molar-refractivity contribution < 1.29 is 23.6 Å². The molecule has 0 spiro atoms. The molecule has 0 saturated heterocycles. The molecule has 0 aliphatic rings. The maximum absolute atomic E-state index is 12.3. The summed E-state index contributed by atoms with van der Waals surface area (Å²) in [5, 5.41) is 3.40. The van der Waals surface area contributed by atoms with Crippen molar-refractivity contribution in [2.24, 2.45) is 0 Å². The molecule has 2 aromatic heterocycles. The summed E-state index contributed by atoms with van der Waals surface area (Å²) in [7, 11) is 1.92. The number of rotatable bonds is 7. The number of aryl methyl sites for hydroxylation is 1. The number of amides is 1. The SMILES string of the molecule is CCOC(=O)c1c(NC(=O)C[NH+](C)Cc2ccco2)sc(C)c1C.